The van der Waals surface area contributed by atoms with Gasteiger partial charge in [-0.1, -0.05) is 48.5 Å². The molecule has 0 radical (unpaired) electrons. The van der Waals surface area contributed by atoms with Gasteiger partial charge in [0.1, 0.15) is 18.0 Å². The van der Waals surface area contributed by atoms with E-state index in [1.165, 1.54) is 0 Å². The number of carbonyl (C=O) groups is 1. The van der Waals surface area contributed by atoms with Gasteiger partial charge in [-0.25, -0.2) is 32.6 Å². The van der Waals surface area contributed by atoms with Crippen LogP contribution in [-0.2, 0) is 27.2 Å². The molecule has 51 heavy (non-hydrogen) atoms. The Labute approximate surface area is 297 Å². The van der Waals surface area contributed by atoms with E-state index in [1.54, 1.807) is 65.8 Å². The molecule has 3 aromatic carbocycles. The van der Waals surface area contributed by atoms with Crippen LogP contribution in [0.5, 0.6) is 11.6 Å². The lowest BCUT2D eigenvalue weighted by Gasteiger charge is -2.34. The molecule has 1 saturated heterocycles. The van der Waals surface area contributed by atoms with E-state index in [0.29, 0.717) is 69.5 Å². The number of amides is 1. The molecule has 0 aliphatic carbocycles. The van der Waals surface area contributed by atoms with E-state index in [-0.39, 0.29) is 17.9 Å². The van der Waals surface area contributed by atoms with Crippen LogP contribution < -0.4 is 14.8 Å². The highest BCUT2D eigenvalue weighted by atomic mass is 32.2. The molecular weight excluding hydrogens is 672 g/mol. The van der Waals surface area contributed by atoms with E-state index in [9.17, 15) is 17.6 Å². The van der Waals surface area contributed by atoms with Crippen LogP contribution >= 0.6 is 0 Å². The molecule has 1 aliphatic heterocycles. The Morgan fingerprint density at radius 2 is 1.76 bits per heavy atom. The first-order chi connectivity index (χ1) is 24.4. The number of aryl methyl sites for hydroxylation is 1. The summed E-state index contributed by atoms with van der Waals surface area (Å²) < 4.78 is 54.8. The molecule has 1 amide bonds. The van der Waals surface area contributed by atoms with Crippen molar-refractivity contribution in [3.8, 4) is 22.9 Å². The maximum absolute atomic E-state index is 13.5. The zero-order valence-electron chi connectivity index (χ0n) is 29.0. The van der Waals surface area contributed by atoms with Crippen LogP contribution in [0.3, 0.4) is 0 Å². The van der Waals surface area contributed by atoms with Crippen LogP contribution in [-0.4, -0.2) is 59.1 Å². The number of benzene rings is 3. The van der Waals surface area contributed by atoms with Crippen LogP contribution in [0.2, 0.25) is 0 Å². The van der Waals surface area contributed by atoms with Gasteiger partial charge in [-0.05, 0) is 81.5 Å². The van der Waals surface area contributed by atoms with Crippen molar-refractivity contribution in [3.05, 3.63) is 102 Å². The predicted molar refractivity (Wildman–Crippen MR) is 196 cm³/mol. The Bertz CT molecular complexity index is 2160. The largest absolute Gasteiger partial charge is 0.444 e. The molecule has 2 aromatic heterocycles. The topological polar surface area (TPSA) is 136 Å². The second-order valence-corrected chi connectivity index (χ2v) is 15.2. The number of rotatable bonds is 10. The van der Waals surface area contributed by atoms with Gasteiger partial charge in [-0.15, -0.1) is 0 Å². The summed E-state index contributed by atoms with van der Waals surface area (Å²) in [4.78, 5) is 28.2. The maximum atomic E-state index is 13.5. The van der Waals surface area contributed by atoms with Crippen molar-refractivity contribution in [2.24, 2.45) is 0 Å². The predicted octanol–water partition coefficient (Wildman–Crippen LogP) is 8.02. The summed E-state index contributed by atoms with van der Waals surface area (Å²) in [6.45, 7) is 7.79. The fraction of sp³-hybridized carbons (Fsp3) is 0.316. The summed E-state index contributed by atoms with van der Waals surface area (Å²) in [5.74, 6) is 0.855. The third-order valence-corrected chi connectivity index (χ3v) is 9.61. The third-order valence-electron chi connectivity index (χ3n) is 8.39. The number of carbonyl (C=O) groups excluding carboxylic acids is 1. The Hall–Kier alpha value is -5.30. The molecule has 2 N–H and O–H groups in total. The normalized spacial score (nSPS) is 15.0. The third kappa shape index (κ3) is 8.72. The molecule has 0 saturated carbocycles. The molecule has 3 heterocycles. The molecule has 0 unspecified atom stereocenters. The van der Waals surface area contributed by atoms with E-state index in [4.69, 9.17) is 14.5 Å². The van der Waals surface area contributed by atoms with Crippen LogP contribution in [0.4, 0.5) is 20.8 Å². The molecule has 266 valence electrons. The smallest absolute Gasteiger partial charge is 0.410 e. The molecule has 0 spiro atoms. The lowest BCUT2D eigenvalue weighted by molar-refractivity contribution is 0.0206. The number of ether oxygens (including phenoxy) is 2. The second kappa shape index (κ2) is 14.9. The van der Waals surface area contributed by atoms with E-state index < -0.39 is 22.3 Å². The number of anilines is 2. The van der Waals surface area contributed by atoms with Gasteiger partial charge in [-0.2, -0.15) is 0 Å². The highest BCUT2D eigenvalue weighted by Gasteiger charge is 2.28. The Kier molecular flexibility index (Phi) is 10.4. The molecule has 11 nitrogen and oxygen atoms in total. The van der Waals surface area contributed by atoms with Crippen molar-refractivity contribution in [3.63, 3.8) is 0 Å². The first kappa shape index (κ1) is 35.5. The summed E-state index contributed by atoms with van der Waals surface area (Å²) in [6.07, 6.45) is 4.61. The summed E-state index contributed by atoms with van der Waals surface area (Å²) in [7, 11) is -3.88. The fourth-order valence-corrected chi connectivity index (χ4v) is 7.29. The maximum Gasteiger partial charge on any atom is 0.410 e. The number of aromatic nitrogens is 3. The average molecular weight is 713 g/mol. The molecule has 13 heteroatoms. The van der Waals surface area contributed by atoms with Gasteiger partial charge in [0.05, 0.1) is 22.7 Å². The van der Waals surface area contributed by atoms with Crippen molar-refractivity contribution in [1.82, 2.24) is 19.9 Å². The highest BCUT2D eigenvalue weighted by Crippen LogP contribution is 2.39. The van der Waals surface area contributed by atoms with Crippen molar-refractivity contribution in [2.45, 2.75) is 64.6 Å². The number of nitrogens with one attached hydrogen (secondary N) is 2. The molecule has 1 aliphatic rings. The van der Waals surface area contributed by atoms with Crippen LogP contribution in [0, 0.1) is 6.92 Å². The zero-order valence-corrected chi connectivity index (χ0v) is 29.8. The SMILES string of the molecule is Cc1ccc2c(NS(=O)(=O)Cc3ccccc3CF)cccc2c1Oc1ncccc1-c1ccnc(N[C@H]2CCCN(C(=O)OC(C)(C)C)C2)n1. The van der Waals surface area contributed by atoms with Crippen LogP contribution in [0.25, 0.3) is 22.0 Å². The molecule has 0 bridgehead atoms. The molecule has 1 fully saturated rings. The zero-order chi connectivity index (χ0) is 36.2. The minimum Gasteiger partial charge on any atom is -0.444 e. The quantitative estimate of drug-likeness (QED) is 0.148. The highest BCUT2D eigenvalue weighted by molar-refractivity contribution is 7.91. The minimum absolute atomic E-state index is 0.0606. The van der Waals surface area contributed by atoms with Gasteiger partial charge < -0.3 is 19.7 Å². The van der Waals surface area contributed by atoms with Crippen LogP contribution in [0.1, 0.15) is 50.3 Å². The molecule has 5 aromatic rings. The standard InChI is InChI=1S/C38H41FN6O5S/c1-25-16-17-29-30(13-7-15-33(29)44-51(47,48)24-27-11-6-5-10-26(27)22-39)34(25)49-35-31(14-8-19-40-35)32-18-20-41-36(43-32)42-28-12-9-21-45(23-28)37(46)50-38(2,3)4/h5-8,10-11,13-20,28,44H,9,12,21-24H2,1-4H3,(H,41,42,43)/t28-/m0/s1. The fourth-order valence-electron chi connectivity index (χ4n) is 6.01. The molecule has 1 atom stereocenters. The van der Waals surface area contributed by atoms with E-state index >= 15 is 0 Å². The number of hydrogen-bond donors (Lipinski definition) is 2. The number of likely N-dealkylation sites (tertiary alicyclic amines) is 1. The van der Waals surface area contributed by atoms with Gasteiger partial charge in [0.15, 0.2) is 0 Å². The van der Waals surface area contributed by atoms with Crippen molar-refractivity contribution >= 4 is 38.5 Å². The minimum atomic E-state index is -3.88. The number of pyridine rings is 1. The van der Waals surface area contributed by atoms with Gasteiger partial charge in [-0.3, -0.25) is 4.72 Å². The Morgan fingerprint density at radius 1 is 0.961 bits per heavy atom. The van der Waals surface area contributed by atoms with Crippen molar-refractivity contribution in [2.75, 3.05) is 23.1 Å². The average Bonchev–Trinajstić information content (AvgIpc) is 3.09. The number of alkyl halides is 1. The Morgan fingerprint density at radius 3 is 2.55 bits per heavy atom. The summed E-state index contributed by atoms with van der Waals surface area (Å²) in [6, 6.07) is 20.9. The molecule has 6 rings (SSSR count). The van der Waals surface area contributed by atoms with E-state index in [0.717, 1.165) is 18.4 Å². The van der Waals surface area contributed by atoms with Crippen molar-refractivity contribution < 1.29 is 27.1 Å². The number of piperidine rings is 1. The second-order valence-electron chi connectivity index (χ2n) is 13.5. The lowest BCUT2D eigenvalue weighted by atomic mass is 10.0. The van der Waals surface area contributed by atoms with Crippen molar-refractivity contribution in [1.29, 1.82) is 0 Å². The first-order valence-corrected chi connectivity index (χ1v) is 18.4. The lowest BCUT2D eigenvalue weighted by Crippen LogP contribution is -2.47. The number of hydrogen-bond acceptors (Lipinski definition) is 9. The number of halogens is 1. The van der Waals surface area contributed by atoms with E-state index in [2.05, 4.69) is 20.0 Å². The van der Waals surface area contributed by atoms with Gasteiger partial charge in [0.25, 0.3) is 0 Å². The Balaban J connectivity index is 1.24. The monoisotopic (exact) mass is 712 g/mol. The first-order valence-electron chi connectivity index (χ1n) is 16.8. The van der Waals surface area contributed by atoms with E-state index in [1.807, 2.05) is 52.0 Å². The number of fused-ring (bicyclic) bond motifs is 1. The summed E-state index contributed by atoms with van der Waals surface area (Å²) >= 11 is 0. The van der Waals surface area contributed by atoms with Crippen LogP contribution in [0.15, 0.2) is 85.2 Å². The summed E-state index contributed by atoms with van der Waals surface area (Å²) in [5.41, 5.74) is 2.55. The van der Waals surface area contributed by atoms with Gasteiger partial charge in [0, 0.05) is 42.3 Å². The van der Waals surface area contributed by atoms with Gasteiger partial charge >= 0.3 is 6.09 Å². The van der Waals surface area contributed by atoms with Gasteiger partial charge in [0.2, 0.25) is 21.9 Å². The number of nitrogens with zero attached hydrogens (tertiary/aromatic N) is 4. The molecular formula is C38H41FN6O5S. The number of sulfonamides is 1. The summed E-state index contributed by atoms with van der Waals surface area (Å²) in [5, 5.41) is 4.68.